The predicted octanol–water partition coefficient (Wildman–Crippen LogP) is 3.00. The van der Waals surface area contributed by atoms with Crippen molar-refractivity contribution < 1.29 is 0 Å². The number of piperidine rings is 1. The van der Waals surface area contributed by atoms with Crippen LogP contribution in [0.25, 0.3) is 10.9 Å². The first-order chi connectivity index (χ1) is 12.3. The number of fused-ring (bicyclic) bond motifs is 1. The average Bonchev–Trinajstić information content (AvgIpc) is 2.64. The van der Waals surface area contributed by atoms with E-state index < -0.39 is 0 Å². The zero-order chi connectivity index (χ0) is 17.1. The Bertz CT molecular complexity index is 898. The number of para-hydroxylation sites is 1. The van der Waals surface area contributed by atoms with E-state index in [0.717, 1.165) is 38.0 Å². The van der Waals surface area contributed by atoms with Crippen LogP contribution < -0.4 is 10.9 Å². The van der Waals surface area contributed by atoms with E-state index in [2.05, 4.69) is 50.5 Å². The van der Waals surface area contributed by atoms with Gasteiger partial charge in [0.1, 0.15) is 0 Å². The molecule has 0 spiro atoms. The number of hydrogen-bond donors (Lipinski definition) is 2. The number of benzene rings is 2. The van der Waals surface area contributed by atoms with Gasteiger partial charge in [0, 0.05) is 25.7 Å². The predicted molar refractivity (Wildman–Crippen MR) is 101 cm³/mol. The van der Waals surface area contributed by atoms with Crippen LogP contribution >= 0.6 is 0 Å². The van der Waals surface area contributed by atoms with E-state index in [1.165, 1.54) is 5.56 Å². The summed E-state index contributed by atoms with van der Waals surface area (Å²) < 4.78 is 0. The Kier molecular flexibility index (Phi) is 4.48. The fourth-order valence-corrected chi connectivity index (χ4v) is 3.43. The van der Waals surface area contributed by atoms with Crippen molar-refractivity contribution in [2.24, 2.45) is 0 Å². The van der Waals surface area contributed by atoms with Gasteiger partial charge in [0.15, 0.2) is 0 Å². The van der Waals surface area contributed by atoms with Gasteiger partial charge in [-0.2, -0.15) is 0 Å². The van der Waals surface area contributed by atoms with Crippen LogP contribution in [0.1, 0.15) is 18.4 Å². The number of aromatic amines is 1. The monoisotopic (exact) mass is 334 g/mol. The molecule has 2 N–H and O–H groups in total. The topological polar surface area (TPSA) is 61.0 Å². The summed E-state index contributed by atoms with van der Waals surface area (Å²) in [5.74, 6) is 0.574. The maximum absolute atomic E-state index is 12.2. The Hall–Kier alpha value is -2.66. The summed E-state index contributed by atoms with van der Waals surface area (Å²) in [6.45, 7) is 3.09. The molecular weight excluding hydrogens is 312 g/mol. The van der Waals surface area contributed by atoms with Gasteiger partial charge < -0.3 is 5.32 Å². The lowest BCUT2D eigenvalue weighted by Gasteiger charge is -2.32. The second kappa shape index (κ2) is 7.07. The molecule has 0 bridgehead atoms. The summed E-state index contributed by atoms with van der Waals surface area (Å²) in [6.07, 6.45) is 2.09. The van der Waals surface area contributed by atoms with E-state index in [1.54, 1.807) is 6.07 Å². The molecule has 128 valence electrons. The van der Waals surface area contributed by atoms with E-state index >= 15 is 0 Å². The molecule has 1 aliphatic heterocycles. The number of rotatable bonds is 4. The van der Waals surface area contributed by atoms with Crippen LogP contribution in [0.15, 0.2) is 59.4 Å². The first kappa shape index (κ1) is 15.8. The van der Waals surface area contributed by atoms with E-state index in [4.69, 9.17) is 0 Å². The van der Waals surface area contributed by atoms with Gasteiger partial charge in [0.05, 0.1) is 10.9 Å². The molecule has 1 saturated heterocycles. The Morgan fingerprint density at radius 2 is 1.76 bits per heavy atom. The highest BCUT2D eigenvalue weighted by atomic mass is 16.1. The first-order valence-electron chi connectivity index (χ1n) is 8.80. The van der Waals surface area contributed by atoms with E-state index in [1.807, 2.05) is 18.2 Å². The molecule has 0 aliphatic carbocycles. The molecule has 2 heterocycles. The van der Waals surface area contributed by atoms with Gasteiger partial charge >= 0.3 is 0 Å². The maximum atomic E-state index is 12.2. The highest BCUT2D eigenvalue weighted by Crippen LogP contribution is 2.17. The van der Waals surface area contributed by atoms with Crippen molar-refractivity contribution in [2.75, 3.05) is 18.4 Å². The second-order valence-electron chi connectivity index (χ2n) is 6.61. The second-order valence-corrected chi connectivity index (χ2v) is 6.61. The smallest absolute Gasteiger partial charge is 0.260 e. The number of anilines is 1. The summed E-state index contributed by atoms with van der Waals surface area (Å²) in [6, 6.07) is 18.4. The summed E-state index contributed by atoms with van der Waals surface area (Å²) in [4.78, 5) is 22.0. The van der Waals surface area contributed by atoms with Crippen LogP contribution in [0.5, 0.6) is 0 Å². The van der Waals surface area contributed by atoms with Crippen molar-refractivity contribution in [2.45, 2.75) is 25.4 Å². The number of likely N-dealkylation sites (tertiary alicyclic amines) is 1. The molecule has 1 fully saturated rings. The fraction of sp³-hybridized carbons (Fsp3) is 0.300. The number of aromatic nitrogens is 2. The molecule has 25 heavy (non-hydrogen) atoms. The molecule has 5 nitrogen and oxygen atoms in total. The Morgan fingerprint density at radius 1 is 1.04 bits per heavy atom. The Balaban J connectivity index is 1.38. The van der Waals surface area contributed by atoms with Crippen molar-refractivity contribution in [3.63, 3.8) is 0 Å². The number of hydrogen-bond acceptors (Lipinski definition) is 4. The number of nitrogens with one attached hydrogen (secondary N) is 2. The van der Waals surface area contributed by atoms with Crippen molar-refractivity contribution in [3.05, 3.63) is 70.5 Å². The van der Waals surface area contributed by atoms with Crippen LogP contribution in [0.3, 0.4) is 0 Å². The van der Waals surface area contributed by atoms with Gasteiger partial charge in [0.25, 0.3) is 5.56 Å². The van der Waals surface area contributed by atoms with Gasteiger partial charge in [-0.25, -0.2) is 4.98 Å². The molecule has 0 unspecified atom stereocenters. The highest BCUT2D eigenvalue weighted by molar-refractivity contribution is 5.78. The van der Waals surface area contributed by atoms with Gasteiger partial charge in [-0.05, 0) is 30.5 Å². The molecule has 0 amide bonds. The lowest BCUT2D eigenvalue weighted by Crippen LogP contribution is -2.39. The third-order valence-electron chi connectivity index (χ3n) is 4.79. The standard InChI is InChI=1S/C20H22N4O/c25-19-17-8-4-5-9-18(17)22-20(23-19)21-16-10-12-24(13-11-16)14-15-6-2-1-3-7-15/h1-9,16H,10-14H2,(H2,21,22,23,25). The SMILES string of the molecule is O=c1[nH]c(NC2CCN(Cc3ccccc3)CC2)nc2ccccc12. The number of H-pyrrole nitrogens is 1. The Morgan fingerprint density at radius 3 is 2.56 bits per heavy atom. The van der Waals surface area contributed by atoms with Crippen molar-refractivity contribution in [1.29, 1.82) is 0 Å². The lowest BCUT2D eigenvalue weighted by atomic mass is 10.0. The van der Waals surface area contributed by atoms with Crippen LogP contribution in [-0.4, -0.2) is 34.0 Å². The van der Waals surface area contributed by atoms with Crippen molar-refractivity contribution in [1.82, 2.24) is 14.9 Å². The normalized spacial score (nSPS) is 16.2. The molecule has 3 aromatic rings. The minimum absolute atomic E-state index is 0.0883. The molecule has 0 radical (unpaired) electrons. The van der Waals surface area contributed by atoms with E-state index in [-0.39, 0.29) is 5.56 Å². The van der Waals surface area contributed by atoms with Gasteiger partial charge in [-0.3, -0.25) is 14.7 Å². The molecule has 0 saturated carbocycles. The molecule has 5 heteroatoms. The first-order valence-corrected chi connectivity index (χ1v) is 8.80. The van der Waals surface area contributed by atoms with Gasteiger partial charge in [-0.15, -0.1) is 0 Å². The van der Waals surface area contributed by atoms with Crippen molar-refractivity contribution >= 4 is 16.9 Å². The lowest BCUT2D eigenvalue weighted by molar-refractivity contribution is 0.211. The Labute approximate surface area is 146 Å². The summed E-state index contributed by atoms with van der Waals surface area (Å²) in [7, 11) is 0. The zero-order valence-electron chi connectivity index (χ0n) is 14.1. The molecule has 1 aliphatic rings. The summed E-state index contributed by atoms with van der Waals surface area (Å²) in [5.41, 5.74) is 2.00. The molecule has 1 aromatic heterocycles. The van der Waals surface area contributed by atoms with Crippen LogP contribution in [-0.2, 0) is 6.54 Å². The van der Waals surface area contributed by atoms with Gasteiger partial charge in [0.2, 0.25) is 5.95 Å². The average molecular weight is 334 g/mol. The summed E-state index contributed by atoms with van der Waals surface area (Å²) in [5, 5.41) is 4.04. The van der Waals surface area contributed by atoms with Crippen LogP contribution in [0.4, 0.5) is 5.95 Å². The fourth-order valence-electron chi connectivity index (χ4n) is 3.43. The van der Waals surface area contributed by atoms with Gasteiger partial charge in [-0.1, -0.05) is 42.5 Å². The molecule has 2 aromatic carbocycles. The third kappa shape index (κ3) is 3.72. The van der Waals surface area contributed by atoms with Crippen molar-refractivity contribution in [3.8, 4) is 0 Å². The highest BCUT2D eigenvalue weighted by Gasteiger charge is 2.19. The quantitative estimate of drug-likeness (QED) is 0.770. The minimum atomic E-state index is -0.0883. The maximum Gasteiger partial charge on any atom is 0.260 e. The largest absolute Gasteiger partial charge is 0.353 e. The van der Waals surface area contributed by atoms with E-state index in [9.17, 15) is 4.79 Å². The minimum Gasteiger partial charge on any atom is -0.353 e. The van der Waals surface area contributed by atoms with Crippen LogP contribution in [0, 0.1) is 0 Å². The zero-order valence-corrected chi connectivity index (χ0v) is 14.1. The molecule has 0 atom stereocenters. The van der Waals surface area contributed by atoms with Crippen LogP contribution in [0.2, 0.25) is 0 Å². The molecule has 4 rings (SSSR count). The number of nitrogens with zero attached hydrogens (tertiary/aromatic N) is 2. The molecular formula is C20H22N4O. The third-order valence-corrected chi connectivity index (χ3v) is 4.79. The summed E-state index contributed by atoms with van der Waals surface area (Å²) >= 11 is 0. The van der Waals surface area contributed by atoms with E-state index in [0.29, 0.717) is 17.4 Å².